The molecule has 46 heavy (non-hydrogen) atoms. The quantitative estimate of drug-likeness (QED) is 0.170. The fourth-order valence-corrected chi connectivity index (χ4v) is 5.24. The number of alkyl halides is 3. The molecule has 0 fully saturated rings. The number of hydrogen-bond acceptors (Lipinski definition) is 4. The van der Waals surface area contributed by atoms with Crippen LogP contribution in [-0.4, -0.2) is 38.1 Å². The zero-order chi connectivity index (χ0) is 33.4. The molecule has 7 nitrogen and oxygen atoms in total. The highest BCUT2D eigenvalue weighted by Gasteiger charge is 2.34. The van der Waals surface area contributed by atoms with E-state index in [1.807, 2.05) is 62.6 Å². The van der Waals surface area contributed by atoms with E-state index >= 15 is 0 Å². The number of hydrogen-bond donors (Lipinski definition) is 2. The molecule has 0 aliphatic heterocycles. The van der Waals surface area contributed by atoms with E-state index in [1.54, 1.807) is 35.6 Å². The Bertz CT molecular complexity index is 1710. The molecule has 0 aliphatic rings. The van der Waals surface area contributed by atoms with Crippen molar-refractivity contribution in [1.82, 2.24) is 19.8 Å². The number of carbonyl (C=O) groups is 1. The minimum Gasteiger partial charge on any atom is -0.351 e. The number of aromatic nitrogens is 2. The lowest BCUT2D eigenvalue weighted by Crippen LogP contribution is -2.49. The normalized spacial score (nSPS) is 12.0. The molecule has 4 rings (SSSR count). The number of nitriles is 1. The molecule has 0 bridgehead atoms. The van der Waals surface area contributed by atoms with Crippen molar-refractivity contribution < 1.29 is 18.0 Å². The molecule has 1 amide bonds. The van der Waals surface area contributed by atoms with Crippen molar-refractivity contribution in [3.8, 4) is 6.07 Å². The third-order valence-electron chi connectivity index (χ3n) is 7.87. The highest BCUT2D eigenvalue weighted by Crippen LogP contribution is 2.32. The first-order chi connectivity index (χ1) is 21.8. The second-order valence-corrected chi connectivity index (χ2v) is 12.1. The van der Waals surface area contributed by atoms with Gasteiger partial charge in [-0.2, -0.15) is 18.4 Å². The van der Waals surface area contributed by atoms with Gasteiger partial charge < -0.3 is 20.1 Å². The minimum absolute atomic E-state index is 0.0573. The Labute approximate surface area is 273 Å². The monoisotopic (exact) mass is 646 g/mol. The highest BCUT2D eigenvalue weighted by atomic mass is 32.1. The smallest absolute Gasteiger partial charge is 0.351 e. The molecule has 0 spiro atoms. The van der Waals surface area contributed by atoms with Crippen LogP contribution in [0, 0.1) is 31.1 Å². The van der Waals surface area contributed by atoms with E-state index in [2.05, 4.69) is 21.7 Å². The standard InChI is InChI=1S/C35H37F3N6OS/c1-23(2)32(42-33(45)16-30-18-40-22-44(30)19-27-12-10-26(17-39)11-13-27)21-43(20-28-7-5-6-8-31(28)35(36,37)38)34(46)41-29-14-9-24(3)25(4)15-29/h5-15,18,22-23,32H,16,19-21H2,1-4H3,(H,41,46)(H,42,45)/t32-/m1/s1. The van der Waals surface area contributed by atoms with Gasteiger partial charge in [0, 0.05) is 43.3 Å². The summed E-state index contributed by atoms with van der Waals surface area (Å²) in [5.41, 5.74) is 4.46. The van der Waals surface area contributed by atoms with Gasteiger partial charge in [0.2, 0.25) is 5.91 Å². The van der Waals surface area contributed by atoms with Crippen molar-refractivity contribution in [3.63, 3.8) is 0 Å². The van der Waals surface area contributed by atoms with Crippen molar-refractivity contribution in [2.24, 2.45) is 5.92 Å². The van der Waals surface area contributed by atoms with Gasteiger partial charge in [-0.3, -0.25) is 4.79 Å². The molecule has 1 aromatic heterocycles. The third-order valence-corrected chi connectivity index (χ3v) is 8.23. The molecule has 0 saturated heterocycles. The number of halogens is 3. The van der Waals surface area contributed by atoms with Crippen LogP contribution in [0.3, 0.4) is 0 Å². The van der Waals surface area contributed by atoms with Crippen LogP contribution in [0.15, 0.2) is 79.3 Å². The van der Waals surface area contributed by atoms with Gasteiger partial charge in [0.05, 0.1) is 29.9 Å². The van der Waals surface area contributed by atoms with Gasteiger partial charge in [-0.15, -0.1) is 0 Å². The summed E-state index contributed by atoms with van der Waals surface area (Å²) in [6.07, 6.45) is -1.19. The number of anilines is 1. The van der Waals surface area contributed by atoms with E-state index in [0.29, 0.717) is 17.8 Å². The number of aryl methyl sites for hydroxylation is 2. The summed E-state index contributed by atoms with van der Waals surface area (Å²) in [7, 11) is 0. The second-order valence-electron chi connectivity index (χ2n) is 11.7. The van der Waals surface area contributed by atoms with E-state index in [4.69, 9.17) is 17.5 Å². The SMILES string of the molecule is Cc1ccc(NC(=S)N(Cc2ccccc2C(F)(F)F)C[C@@H](NC(=O)Cc2cncn2Cc2ccc(C#N)cc2)C(C)C)cc1C. The molecule has 0 radical (unpaired) electrons. The Balaban J connectivity index is 1.53. The predicted molar refractivity (Wildman–Crippen MR) is 177 cm³/mol. The van der Waals surface area contributed by atoms with Crippen LogP contribution >= 0.6 is 12.2 Å². The maximum absolute atomic E-state index is 13.9. The first-order valence-corrected chi connectivity index (χ1v) is 15.3. The fraction of sp³-hybridized carbons (Fsp3) is 0.314. The van der Waals surface area contributed by atoms with E-state index in [-0.39, 0.29) is 42.0 Å². The lowest BCUT2D eigenvalue weighted by atomic mass is 10.0. The summed E-state index contributed by atoms with van der Waals surface area (Å²) in [5.74, 6) is -0.304. The van der Waals surface area contributed by atoms with Gasteiger partial charge in [0.1, 0.15) is 0 Å². The van der Waals surface area contributed by atoms with Crippen LogP contribution < -0.4 is 10.6 Å². The summed E-state index contributed by atoms with van der Waals surface area (Å²) in [6.45, 7) is 8.41. The number of thiocarbonyl (C=S) groups is 1. The Morgan fingerprint density at radius 1 is 1.07 bits per heavy atom. The zero-order valence-electron chi connectivity index (χ0n) is 26.2. The molecule has 4 aromatic rings. The summed E-state index contributed by atoms with van der Waals surface area (Å²) < 4.78 is 43.7. The van der Waals surface area contributed by atoms with Gasteiger partial charge in [0.15, 0.2) is 5.11 Å². The molecule has 1 heterocycles. The van der Waals surface area contributed by atoms with Gasteiger partial charge >= 0.3 is 6.18 Å². The number of imidazole rings is 1. The Morgan fingerprint density at radius 3 is 2.43 bits per heavy atom. The molecule has 0 unspecified atom stereocenters. The lowest BCUT2D eigenvalue weighted by Gasteiger charge is -2.33. The maximum Gasteiger partial charge on any atom is 0.416 e. The number of benzene rings is 3. The Morgan fingerprint density at radius 2 is 1.78 bits per heavy atom. The number of nitrogens with zero attached hydrogens (tertiary/aromatic N) is 4. The van der Waals surface area contributed by atoms with Crippen LogP contribution in [0.25, 0.3) is 0 Å². The number of carbonyl (C=O) groups excluding carboxylic acids is 1. The fourth-order valence-electron chi connectivity index (χ4n) is 4.98. The molecule has 1 atom stereocenters. The first-order valence-electron chi connectivity index (χ1n) is 14.9. The first kappa shape index (κ1) is 34.2. The summed E-state index contributed by atoms with van der Waals surface area (Å²) in [5, 5.41) is 15.6. The molecule has 0 aliphatic carbocycles. The van der Waals surface area contributed by atoms with Crippen LogP contribution in [0.4, 0.5) is 18.9 Å². The minimum atomic E-state index is -4.53. The van der Waals surface area contributed by atoms with Crippen molar-refractivity contribution >= 4 is 28.9 Å². The molecule has 3 aromatic carbocycles. The molecular formula is C35H37F3N6OS. The Hall–Kier alpha value is -4.69. The summed E-state index contributed by atoms with van der Waals surface area (Å²) >= 11 is 5.77. The average Bonchev–Trinajstić information content (AvgIpc) is 3.44. The van der Waals surface area contributed by atoms with Crippen LogP contribution in [0.1, 0.15) is 52.9 Å². The molecular weight excluding hydrogens is 609 g/mol. The number of rotatable bonds is 11. The van der Waals surface area contributed by atoms with Gasteiger partial charge in [-0.25, -0.2) is 4.98 Å². The van der Waals surface area contributed by atoms with Crippen molar-refractivity contribution in [2.75, 3.05) is 11.9 Å². The van der Waals surface area contributed by atoms with Gasteiger partial charge in [-0.05, 0) is 84.6 Å². The van der Waals surface area contributed by atoms with Crippen molar-refractivity contribution in [3.05, 3.63) is 118 Å². The number of amides is 1. The molecule has 2 N–H and O–H groups in total. The van der Waals surface area contributed by atoms with E-state index < -0.39 is 17.8 Å². The largest absolute Gasteiger partial charge is 0.416 e. The Kier molecular flexibility index (Phi) is 11.2. The maximum atomic E-state index is 13.9. The van der Waals surface area contributed by atoms with Crippen LogP contribution in [0.2, 0.25) is 0 Å². The van der Waals surface area contributed by atoms with E-state index in [0.717, 1.165) is 28.4 Å². The molecule has 240 valence electrons. The van der Waals surface area contributed by atoms with Crippen LogP contribution in [0.5, 0.6) is 0 Å². The van der Waals surface area contributed by atoms with Gasteiger partial charge in [-0.1, -0.05) is 50.2 Å². The summed E-state index contributed by atoms with van der Waals surface area (Å²) in [6, 6.07) is 20.1. The van der Waals surface area contributed by atoms with E-state index in [1.165, 1.54) is 12.1 Å². The molecule has 11 heteroatoms. The van der Waals surface area contributed by atoms with Crippen molar-refractivity contribution in [2.45, 2.75) is 59.4 Å². The topological polar surface area (TPSA) is 86.0 Å². The predicted octanol–water partition coefficient (Wildman–Crippen LogP) is 7.02. The molecule has 0 saturated carbocycles. The average molecular weight is 647 g/mol. The highest BCUT2D eigenvalue weighted by molar-refractivity contribution is 7.80. The van der Waals surface area contributed by atoms with Crippen molar-refractivity contribution in [1.29, 1.82) is 5.26 Å². The lowest BCUT2D eigenvalue weighted by molar-refractivity contribution is -0.138. The van der Waals surface area contributed by atoms with Crippen LogP contribution in [-0.2, 0) is 30.5 Å². The third kappa shape index (κ3) is 9.17. The zero-order valence-corrected chi connectivity index (χ0v) is 27.0. The number of nitrogens with one attached hydrogen (secondary N) is 2. The summed E-state index contributed by atoms with van der Waals surface area (Å²) in [4.78, 5) is 19.3. The second kappa shape index (κ2) is 15.1. The van der Waals surface area contributed by atoms with Gasteiger partial charge in [0.25, 0.3) is 0 Å². The van der Waals surface area contributed by atoms with E-state index in [9.17, 15) is 18.0 Å².